The number of sulfonamides is 1. The Morgan fingerprint density at radius 1 is 1.37 bits per heavy atom. The maximum absolute atomic E-state index is 12.1. The van der Waals surface area contributed by atoms with Crippen molar-refractivity contribution in [3.8, 4) is 0 Å². The molecule has 1 atom stereocenters. The number of amides is 1. The lowest BCUT2D eigenvalue weighted by atomic mass is 9.99. The van der Waals surface area contributed by atoms with Crippen LogP contribution in [0, 0.1) is 0 Å². The van der Waals surface area contributed by atoms with Crippen molar-refractivity contribution in [2.75, 3.05) is 32.4 Å². The first-order valence-corrected chi connectivity index (χ1v) is 8.78. The summed E-state index contributed by atoms with van der Waals surface area (Å²) in [6.45, 7) is 4.30. The van der Waals surface area contributed by atoms with E-state index in [4.69, 9.17) is 0 Å². The summed E-state index contributed by atoms with van der Waals surface area (Å²) in [7, 11) is -3.14. The van der Waals surface area contributed by atoms with Crippen LogP contribution in [0.5, 0.6) is 0 Å². The van der Waals surface area contributed by atoms with Crippen LogP contribution in [0.3, 0.4) is 0 Å². The maximum Gasteiger partial charge on any atom is 0.236 e. The van der Waals surface area contributed by atoms with E-state index in [9.17, 15) is 13.2 Å². The molecule has 2 N–H and O–H groups in total. The molecule has 0 aromatic carbocycles. The average Bonchev–Trinajstić information content (AvgIpc) is 2.35. The van der Waals surface area contributed by atoms with Crippen LogP contribution in [0.1, 0.15) is 32.6 Å². The molecule has 1 unspecified atom stereocenters. The number of rotatable bonds is 7. The van der Waals surface area contributed by atoms with E-state index in [2.05, 4.69) is 10.0 Å². The topological polar surface area (TPSA) is 78.5 Å². The molecule has 1 heterocycles. The van der Waals surface area contributed by atoms with Gasteiger partial charge in [-0.15, -0.1) is 0 Å². The highest BCUT2D eigenvalue weighted by molar-refractivity contribution is 7.88. The number of hydrogen-bond acceptors (Lipinski definition) is 4. The van der Waals surface area contributed by atoms with Gasteiger partial charge in [-0.3, -0.25) is 4.79 Å². The van der Waals surface area contributed by atoms with Gasteiger partial charge in [0.15, 0.2) is 0 Å². The Balaban J connectivity index is 2.45. The summed E-state index contributed by atoms with van der Waals surface area (Å²) in [4.78, 5) is 14.0. The fourth-order valence-corrected chi connectivity index (χ4v) is 2.86. The molecule has 0 spiro atoms. The summed E-state index contributed by atoms with van der Waals surface area (Å²) in [5, 5.41) is 3.04. The first-order chi connectivity index (χ1) is 8.94. The van der Waals surface area contributed by atoms with Gasteiger partial charge in [0.2, 0.25) is 15.9 Å². The van der Waals surface area contributed by atoms with Gasteiger partial charge in [-0.05, 0) is 32.2 Å². The lowest BCUT2D eigenvalue weighted by molar-refractivity contribution is -0.133. The molecule has 0 aromatic heterocycles. The summed E-state index contributed by atoms with van der Waals surface area (Å²) < 4.78 is 24.5. The lowest BCUT2D eigenvalue weighted by Crippen LogP contribution is -2.48. The zero-order valence-electron chi connectivity index (χ0n) is 11.8. The molecule has 0 radical (unpaired) electrons. The molecule has 1 amide bonds. The molecule has 1 rings (SSSR count). The molecule has 1 saturated heterocycles. The van der Waals surface area contributed by atoms with E-state index in [1.807, 2.05) is 11.8 Å². The summed E-state index contributed by atoms with van der Waals surface area (Å²) in [5.41, 5.74) is 0. The molecule has 0 saturated carbocycles. The first kappa shape index (κ1) is 16.4. The van der Waals surface area contributed by atoms with Crippen molar-refractivity contribution in [1.82, 2.24) is 14.9 Å². The Labute approximate surface area is 116 Å². The Morgan fingerprint density at radius 3 is 2.74 bits per heavy atom. The molecule has 1 aliphatic heterocycles. The smallest absolute Gasteiger partial charge is 0.236 e. The molecular formula is C12H25N3O3S. The molecular weight excluding hydrogens is 266 g/mol. The molecule has 1 fully saturated rings. The second kappa shape index (κ2) is 7.81. The third kappa shape index (κ3) is 6.35. The van der Waals surface area contributed by atoms with E-state index < -0.39 is 10.0 Å². The molecule has 0 bridgehead atoms. The summed E-state index contributed by atoms with van der Waals surface area (Å²) in [6.07, 6.45) is 4.94. The maximum atomic E-state index is 12.1. The number of hydrogen-bond donors (Lipinski definition) is 2. The van der Waals surface area contributed by atoms with Gasteiger partial charge in [-0.25, -0.2) is 13.1 Å². The van der Waals surface area contributed by atoms with Crippen molar-refractivity contribution in [3.05, 3.63) is 0 Å². The Bertz CT molecular complexity index is 384. The van der Waals surface area contributed by atoms with E-state index >= 15 is 0 Å². The molecule has 0 aliphatic carbocycles. The predicted octanol–water partition coefficient (Wildman–Crippen LogP) is -0.0837. The molecule has 112 valence electrons. The number of nitrogens with zero attached hydrogens (tertiary/aromatic N) is 1. The van der Waals surface area contributed by atoms with Crippen molar-refractivity contribution >= 4 is 15.9 Å². The van der Waals surface area contributed by atoms with Gasteiger partial charge in [0.1, 0.15) is 0 Å². The van der Waals surface area contributed by atoms with Gasteiger partial charge < -0.3 is 10.2 Å². The Kier molecular flexibility index (Phi) is 6.74. The quantitative estimate of drug-likeness (QED) is 0.687. The SMILES string of the molecule is CCNCC(=O)N1CCCCC1CCNS(C)(=O)=O. The molecule has 1 aliphatic rings. The lowest BCUT2D eigenvalue weighted by Gasteiger charge is -2.36. The normalized spacial score (nSPS) is 20.5. The number of carbonyl (C=O) groups excluding carboxylic acids is 1. The fraction of sp³-hybridized carbons (Fsp3) is 0.917. The highest BCUT2D eigenvalue weighted by atomic mass is 32.2. The van der Waals surface area contributed by atoms with E-state index in [0.29, 0.717) is 19.5 Å². The van der Waals surface area contributed by atoms with Gasteiger partial charge in [0.05, 0.1) is 12.8 Å². The van der Waals surface area contributed by atoms with Gasteiger partial charge in [0, 0.05) is 19.1 Å². The van der Waals surface area contributed by atoms with Gasteiger partial charge >= 0.3 is 0 Å². The second-order valence-corrected chi connectivity index (χ2v) is 6.81. The van der Waals surface area contributed by atoms with Gasteiger partial charge in [-0.2, -0.15) is 0 Å². The Hall–Kier alpha value is -0.660. The fourth-order valence-electron chi connectivity index (χ4n) is 2.37. The van der Waals surface area contributed by atoms with Crippen molar-refractivity contribution < 1.29 is 13.2 Å². The molecule has 0 aromatic rings. The van der Waals surface area contributed by atoms with E-state index in [0.717, 1.165) is 38.6 Å². The number of likely N-dealkylation sites (tertiary alicyclic amines) is 1. The van der Waals surface area contributed by atoms with Crippen molar-refractivity contribution in [3.63, 3.8) is 0 Å². The number of piperidine rings is 1. The minimum absolute atomic E-state index is 0.117. The van der Waals surface area contributed by atoms with Crippen LogP contribution in [0.4, 0.5) is 0 Å². The summed E-state index contributed by atoms with van der Waals surface area (Å²) in [6, 6.07) is 0.161. The summed E-state index contributed by atoms with van der Waals surface area (Å²) >= 11 is 0. The highest BCUT2D eigenvalue weighted by Crippen LogP contribution is 2.19. The monoisotopic (exact) mass is 291 g/mol. The van der Waals surface area contributed by atoms with E-state index in [-0.39, 0.29) is 11.9 Å². The average molecular weight is 291 g/mol. The first-order valence-electron chi connectivity index (χ1n) is 6.89. The molecule has 19 heavy (non-hydrogen) atoms. The third-order valence-electron chi connectivity index (χ3n) is 3.32. The zero-order valence-corrected chi connectivity index (χ0v) is 12.6. The Morgan fingerprint density at radius 2 is 2.11 bits per heavy atom. The van der Waals surface area contributed by atoms with E-state index in [1.165, 1.54) is 0 Å². The number of carbonyl (C=O) groups is 1. The zero-order chi connectivity index (χ0) is 14.3. The second-order valence-electron chi connectivity index (χ2n) is 4.97. The van der Waals surface area contributed by atoms with Crippen LogP contribution in [-0.2, 0) is 14.8 Å². The summed E-state index contributed by atoms with van der Waals surface area (Å²) in [5.74, 6) is 0.117. The number of nitrogens with one attached hydrogen (secondary N) is 2. The van der Waals surface area contributed by atoms with Crippen LogP contribution in [0.15, 0.2) is 0 Å². The van der Waals surface area contributed by atoms with Crippen molar-refractivity contribution in [2.24, 2.45) is 0 Å². The standard InChI is InChI=1S/C12H25N3O3S/c1-3-13-10-12(16)15-9-5-4-6-11(15)7-8-14-19(2,17)18/h11,13-14H,3-10H2,1-2H3. The minimum Gasteiger partial charge on any atom is -0.339 e. The largest absolute Gasteiger partial charge is 0.339 e. The molecule has 7 heteroatoms. The van der Waals surface area contributed by atoms with E-state index in [1.54, 1.807) is 0 Å². The van der Waals surface area contributed by atoms with Crippen molar-refractivity contribution in [1.29, 1.82) is 0 Å². The third-order valence-corrected chi connectivity index (χ3v) is 4.04. The molecule has 6 nitrogen and oxygen atoms in total. The number of likely N-dealkylation sites (N-methyl/N-ethyl adjacent to an activating group) is 1. The van der Waals surface area contributed by atoms with Crippen LogP contribution in [0.2, 0.25) is 0 Å². The van der Waals surface area contributed by atoms with Crippen LogP contribution in [0.25, 0.3) is 0 Å². The predicted molar refractivity (Wildman–Crippen MR) is 75.4 cm³/mol. The van der Waals surface area contributed by atoms with Crippen LogP contribution >= 0.6 is 0 Å². The van der Waals surface area contributed by atoms with Crippen LogP contribution in [-0.4, -0.2) is 57.7 Å². The van der Waals surface area contributed by atoms with Gasteiger partial charge in [0.25, 0.3) is 0 Å². The highest BCUT2D eigenvalue weighted by Gasteiger charge is 2.25. The van der Waals surface area contributed by atoms with Crippen molar-refractivity contribution in [2.45, 2.75) is 38.6 Å². The van der Waals surface area contributed by atoms with Gasteiger partial charge in [-0.1, -0.05) is 6.92 Å². The van der Waals surface area contributed by atoms with Crippen LogP contribution < -0.4 is 10.0 Å². The minimum atomic E-state index is -3.14.